The molecule has 4 rings (SSSR count). The monoisotopic (exact) mass is 375 g/mol. The van der Waals surface area contributed by atoms with E-state index in [1.165, 1.54) is 18.4 Å². The molecule has 3 aromatic rings. The Balaban J connectivity index is 1.80. The van der Waals surface area contributed by atoms with E-state index in [2.05, 4.69) is 4.90 Å². The molecule has 1 aliphatic rings. The molecular formula is C21H20F3NO2. The van der Waals surface area contributed by atoms with Crippen LogP contribution in [-0.2, 0) is 6.18 Å². The number of hydrogen-bond acceptors (Lipinski definition) is 3. The molecule has 0 radical (unpaired) electrons. The minimum Gasteiger partial charge on any atom is -0.504 e. The Labute approximate surface area is 155 Å². The summed E-state index contributed by atoms with van der Waals surface area (Å²) in [5.41, 5.74) is 1.11. The lowest BCUT2D eigenvalue weighted by Crippen LogP contribution is -2.34. The van der Waals surface area contributed by atoms with Crippen LogP contribution in [0, 0.1) is 0 Å². The molecule has 1 fully saturated rings. The largest absolute Gasteiger partial charge is 0.504 e. The van der Waals surface area contributed by atoms with Crippen molar-refractivity contribution in [2.24, 2.45) is 0 Å². The average Bonchev–Trinajstić information content (AvgIpc) is 3.14. The van der Waals surface area contributed by atoms with Gasteiger partial charge in [-0.25, -0.2) is 0 Å². The van der Waals surface area contributed by atoms with Gasteiger partial charge in [-0.1, -0.05) is 30.7 Å². The first-order chi connectivity index (χ1) is 12.9. The summed E-state index contributed by atoms with van der Waals surface area (Å²) in [7, 11) is 0. The van der Waals surface area contributed by atoms with Gasteiger partial charge in [0.2, 0.25) is 0 Å². The Morgan fingerprint density at radius 3 is 2.30 bits per heavy atom. The minimum atomic E-state index is -4.37. The second-order valence-corrected chi connectivity index (χ2v) is 6.96. The van der Waals surface area contributed by atoms with Gasteiger partial charge in [0.25, 0.3) is 0 Å². The number of hydrogen-bond donors (Lipinski definition) is 1. The van der Waals surface area contributed by atoms with Gasteiger partial charge in [-0.15, -0.1) is 0 Å². The van der Waals surface area contributed by atoms with Crippen molar-refractivity contribution in [3.8, 4) is 5.75 Å². The van der Waals surface area contributed by atoms with E-state index in [0.717, 1.165) is 55.4 Å². The first-order valence-corrected chi connectivity index (χ1v) is 9.05. The third kappa shape index (κ3) is 3.41. The number of alkyl halides is 3. The summed E-state index contributed by atoms with van der Waals surface area (Å²) >= 11 is 0. The number of phenolic OH excluding ortho intramolecular Hbond substituents is 1. The molecule has 1 aliphatic heterocycles. The van der Waals surface area contributed by atoms with Crippen LogP contribution in [-0.4, -0.2) is 23.1 Å². The molecule has 0 saturated carbocycles. The van der Waals surface area contributed by atoms with Crippen molar-refractivity contribution >= 4 is 11.0 Å². The number of halogens is 3. The number of likely N-dealkylation sites (tertiary alicyclic amines) is 1. The maximum atomic E-state index is 12.9. The van der Waals surface area contributed by atoms with Gasteiger partial charge in [-0.3, -0.25) is 4.90 Å². The lowest BCUT2D eigenvalue weighted by atomic mass is 9.93. The van der Waals surface area contributed by atoms with Crippen molar-refractivity contribution in [3.63, 3.8) is 0 Å². The van der Waals surface area contributed by atoms with Gasteiger partial charge < -0.3 is 9.52 Å². The number of rotatable bonds is 3. The highest BCUT2D eigenvalue weighted by molar-refractivity contribution is 5.84. The molecule has 2 heterocycles. The summed E-state index contributed by atoms with van der Waals surface area (Å²) in [5.74, 6) is 0.0490. The number of benzene rings is 2. The lowest BCUT2D eigenvalue weighted by Gasteiger charge is -2.35. The summed E-state index contributed by atoms with van der Waals surface area (Å²) in [6.07, 6.45) is 0.345. The SMILES string of the molecule is Oc1c(C(c2ccc(C(F)(F)F)cc2)N2CCCCC2)ccc2ccoc12. The Morgan fingerprint density at radius 2 is 1.63 bits per heavy atom. The van der Waals surface area contributed by atoms with Crippen molar-refractivity contribution in [3.05, 3.63) is 65.4 Å². The van der Waals surface area contributed by atoms with E-state index in [1.54, 1.807) is 6.07 Å². The van der Waals surface area contributed by atoms with E-state index >= 15 is 0 Å². The summed E-state index contributed by atoms with van der Waals surface area (Å²) in [6.45, 7) is 1.67. The van der Waals surface area contributed by atoms with Crippen LogP contribution in [0.25, 0.3) is 11.0 Å². The summed E-state index contributed by atoms with van der Waals surface area (Å²) in [5, 5.41) is 11.6. The molecule has 27 heavy (non-hydrogen) atoms. The Hall–Kier alpha value is -2.47. The average molecular weight is 375 g/mol. The first-order valence-electron chi connectivity index (χ1n) is 9.05. The van der Waals surface area contributed by atoms with Crippen molar-refractivity contribution in [1.29, 1.82) is 0 Å². The van der Waals surface area contributed by atoms with E-state index < -0.39 is 11.7 Å². The standard InChI is InChI=1S/C21H20F3NO2/c22-21(23,24)16-7-4-14(5-8-16)18(25-11-2-1-3-12-25)17-9-6-15-10-13-27-20(15)19(17)26/h4-10,13,18,26H,1-3,11-12H2. The molecule has 1 unspecified atom stereocenters. The second-order valence-electron chi connectivity index (χ2n) is 6.96. The molecule has 0 aliphatic carbocycles. The molecule has 142 valence electrons. The Morgan fingerprint density at radius 1 is 0.926 bits per heavy atom. The van der Waals surface area contributed by atoms with Crippen LogP contribution in [0.15, 0.2) is 53.1 Å². The van der Waals surface area contributed by atoms with E-state index in [-0.39, 0.29) is 11.8 Å². The number of fused-ring (bicyclic) bond motifs is 1. The predicted octanol–water partition coefficient (Wildman–Crippen LogP) is 5.73. The first kappa shape index (κ1) is 17.9. The quantitative estimate of drug-likeness (QED) is 0.635. The summed E-state index contributed by atoms with van der Waals surface area (Å²) in [4.78, 5) is 2.22. The highest BCUT2D eigenvalue weighted by Crippen LogP contribution is 2.40. The molecule has 6 heteroatoms. The lowest BCUT2D eigenvalue weighted by molar-refractivity contribution is -0.137. The van der Waals surface area contributed by atoms with Crippen LogP contribution in [0.1, 0.15) is 42.0 Å². The van der Waals surface area contributed by atoms with Gasteiger partial charge in [0.05, 0.1) is 17.9 Å². The maximum Gasteiger partial charge on any atom is 0.416 e. The van der Waals surface area contributed by atoms with Crippen LogP contribution < -0.4 is 0 Å². The fraction of sp³-hybridized carbons (Fsp3) is 0.333. The van der Waals surface area contributed by atoms with E-state index in [1.807, 2.05) is 12.1 Å². The third-order valence-corrected chi connectivity index (χ3v) is 5.23. The van der Waals surface area contributed by atoms with Crippen molar-refractivity contribution in [1.82, 2.24) is 4.90 Å². The van der Waals surface area contributed by atoms with Crippen LogP contribution >= 0.6 is 0 Å². The zero-order chi connectivity index (χ0) is 19.0. The fourth-order valence-electron chi connectivity index (χ4n) is 3.87. The molecule has 0 spiro atoms. The van der Waals surface area contributed by atoms with E-state index in [9.17, 15) is 18.3 Å². The second kappa shape index (κ2) is 6.93. The number of aromatic hydroxyl groups is 1. The smallest absolute Gasteiger partial charge is 0.416 e. The highest BCUT2D eigenvalue weighted by Gasteiger charge is 2.32. The van der Waals surface area contributed by atoms with Gasteiger partial charge in [0.1, 0.15) is 0 Å². The van der Waals surface area contributed by atoms with E-state index in [0.29, 0.717) is 11.1 Å². The molecule has 1 N–H and O–H groups in total. The van der Waals surface area contributed by atoms with Gasteiger partial charge >= 0.3 is 6.18 Å². The Kier molecular flexibility index (Phi) is 4.60. The van der Waals surface area contributed by atoms with Gasteiger partial charge in [-0.2, -0.15) is 13.2 Å². The number of phenols is 1. The maximum absolute atomic E-state index is 12.9. The van der Waals surface area contributed by atoms with Gasteiger partial charge in [0.15, 0.2) is 11.3 Å². The zero-order valence-corrected chi connectivity index (χ0v) is 14.7. The summed E-state index contributed by atoms with van der Waals surface area (Å²) < 4.78 is 44.2. The third-order valence-electron chi connectivity index (χ3n) is 5.23. The topological polar surface area (TPSA) is 36.6 Å². The van der Waals surface area contributed by atoms with Crippen LogP contribution in [0.2, 0.25) is 0 Å². The van der Waals surface area contributed by atoms with Crippen molar-refractivity contribution in [2.45, 2.75) is 31.5 Å². The molecule has 0 amide bonds. The number of piperidine rings is 1. The molecule has 1 aromatic heterocycles. The van der Waals surface area contributed by atoms with E-state index in [4.69, 9.17) is 4.42 Å². The van der Waals surface area contributed by atoms with Crippen LogP contribution in [0.5, 0.6) is 5.75 Å². The molecular weight excluding hydrogens is 355 g/mol. The molecule has 2 aromatic carbocycles. The number of nitrogens with zero attached hydrogens (tertiary/aromatic N) is 1. The highest BCUT2D eigenvalue weighted by atomic mass is 19.4. The number of furan rings is 1. The zero-order valence-electron chi connectivity index (χ0n) is 14.7. The molecule has 3 nitrogen and oxygen atoms in total. The Bertz CT molecular complexity index is 925. The normalized spacial score (nSPS) is 17.3. The summed E-state index contributed by atoms with van der Waals surface area (Å²) in [6, 6.07) is 10.4. The molecule has 1 saturated heterocycles. The van der Waals surface area contributed by atoms with Gasteiger partial charge in [0, 0.05) is 10.9 Å². The van der Waals surface area contributed by atoms with Crippen molar-refractivity contribution in [2.75, 3.05) is 13.1 Å². The fourth-order valence-corrected chi connectivity index (χ4v) is 3.87. The van der Waals surface area contributed by atoms with Crippen LogP contribution in [0.4, 0.5) is 13.2 Å². The molecule has 1 atom stereocenters. The minimum absolute atomic E-state index is 0.0490. The van der Waals surface area contributed by atoms with Crippen LogP contribution in [0.3, 0.4) is 0 Å². The predicted molar refractivity (Wildman–Crippen MR) is 96.6 cm³/mol. The molecule has 0 bridgehead atoms. The van der Waals surface area contributed by atoms with Gasteiger partial charge in [-0.05, 0) is 49.7 Å². The van der Waals surface area contributed by atoms with Crippen molar-refractivity contribution < 1.29 is 22.7 Å².